The van der Waals surface area contributed by atoms with Crippen LogP contribution in [0.3, 0.4) is 0 Å². The Labute approximate surface area is 115 Å². The lowest BCUT2D eigenvalue weighted by molar-refractivity contribution is -0.110. The minimum Gasteiger partial charge on any atom is -0.495 e. The monoisotopic (exact) mass is 277 g/mol. The fourth-order valence-corrected chi connectivity index (χ4v) is 1.75. The lowest BCUT2D eigenvalue weighted by Gasteiger charge is -2.09. The Morgan fingerprint density at radius 1 is 1.21 bits per heavy atom. The summed E-state index contributed by atoms with van der Waals surface area (Å²) in [4.78, 5) is 15.5. The summed E-state index contributed by atoms with van der Waals surface area (Å²) in [5.41, 5.74) is 13.5. The number of anilines is 2. The van der Waals surface area contributed by atoms with E-state index in [4.69, 9.17) is 27.8 Å². The van der Waals surface area contributed by atoms with Crippen molar-refractivity contribution in [3.05, 3.63) is 35.4 Å². The van der Waals surface area contributed by atoms with Gasteiger partial charge < -0.3 is 16.2 Å². The van der Waals surface area contributed by atoms with Crippen molar-refractivity contribution in [3.63, 3.8) is 0 Å². The molecule has 0 saturated heterocycles. The maximum Gasteiger partial charge on any atom is 0.197 e. The van der Waals surface area contributed by atoms with Gasteiger partial charge in [0.1, 0.15) is 5.75 Å². The number of rotatable bonds is 2. The molecule has 0 bridgehead atoms. The Bertz CT molecular complexity index is 633. The average molecular weight is 278 g/mol. The fraction of sp³-hybridized carbons (Fsp3) is 0.0769. The summed E-state index contributed by atoms with van der Waals surface area (Å²) in [5, 5.41) is 0.113. The summed E-state index contributed by atoms with van der Waals surface area (Å²) < 4.78 is 5.10. The zero-order valence-electron chi connectivity index (χ0n) is 10.2. The van der Waals surface area contributed by atoms with Gasteiger partial charge in [0, 0.05) is 6.07 Å². The summed E-state index contributed by atoms with van der Waals surface area (Å²) in [7, 11) is 1.51. The van der Waals surface area contributed by atoms with E-state index in [-0.39, 0.29) is 10.8 Å². The molecular weight excluding hydrogens is 266 g/mol. The van der Waals surface area contributed by atoms with Gasteiger partial charge in [-0.2, -0.15) is 0 Å². The molecule has 1 aliphatic rings. The van der Waals surface area contributed by atoms with E-state index in [1.165, 1.54) is 19.3 Å². The van der Waals surface area contributed by atoms with E-state index >= 15 is 0 Å². The highest BCUT2D eigenvalue weighted by atomic mass is 35.5. The first-order valence-electron chi connectivity index (χ1n) is 5.42. The Balaban J connectivity index is 2.44. The molecular formula is C13H12ClN3O2. The summed E-state index contributed by atoms with van der Waals surface area (Å²) in [6.07, 6.45) is 4.40. The summed E-state index contributed by atoms with van der Waals surface area (Å²) in [6, 6.07) is 3.20. The Kier molecular flexibility index (Phi) is 3.57. The number of benzene rings is 1. The van der Waals surface area contributed by atoms with E-state index < -0.39 is 0 Å². The van der Waals surface area contributed by atoms with Crippen LogP contribution in [0.15, 0.2) is 40.4 Å². The second-order valence-corrected chi connectivity index (χ2v) is 4.29. The highest BCUT2D eigenvalue weighted by molar-refractivity contribution is 6.47. The molecule has 0 fully saturated rings. The molecule has 5 nitrogen and oxygen atoms in total. The number of ketones is 1. The summed E-state index contributed by atoms with van der Waals surface area (Å²) in [5.74, 6) is 0.239. The van der Waals surface area contributed by atoms with Crippen molar-refractivity contribution in [3.8, 4) is 5.75 Å². The van der Waals surface area contributed by atoms with Gasteiger partial charge in [-0.05, 0) is 24.3 Å². The highest BCUT2D eigenvalue weighted by Gasteiger charge is 2.11. The van der Waals surface area contributed by atoms with Gasteiger partial charge in [0.2, 0.25) is 0 Å². The summed E-state index contributed by atoms with van der Waals surface area (Å²) in [6.45, 7) is 0. The zero-order valence-corrected chi connectivity index (χ0v) is 10.9. The van der Waals surface area contributed by atoms with E-state index in [2.05, 4.69) is 4.99 Å². The van der Waals surface area contributed by atoms with Crippen LogP contribution in [0.2, 0.25) is 0 Å². The lowest BCUT2D eigenvalue weighted by Crippen LogP contribution is -2.03. The van der Waals surface area contributed by atoms with E-state index in [0.717, 1.165) is 0 Å². The quantitative estimate of drug-likeness (QED) is 0.640. The molecule has 0 unspecified atom stereocenters. The number of nitrogens with two attached hydrogens (primary N) is 2. The number of nitrogen functional groups attached to an aromatic ring is 2. The van der Waals surface area contributed by atoms with Crippen LogP contribution in [-0.2, 0) is 4.79 Å². The number of halogens is 1. The minimum atomic E-state index is -0.247. The number of carbonyl (C=O) groups excluding carboxylic acids is 1. The topological polar surface area (TPSA) is 90.7 Å². The number of allylic oxidation sites excluding steroid dienone is 4. The van der Waals surface area contributed by atoms with Gasteiger partial charge in [0.05, 0.1) is 34.9 Å². The molecule has 1 aromatic carbocycles. The maximum atomic E-state index is 11.2. The Morgan fingerprint density at radius 2 is 1.95 bits per heavy atom. The molecule has 98 valence electrons. The van der Waals surface area contributed by atoms with Crippen molar-refractivity contribution < 1.29 is 9.53 Å². The Morgan fingerprint density at radius 3 is 2.58 bits per heavy atom. The molecule has 0 saturated carbocycles. The van der Waals surface area contributed by atoms with Gasteiger partial charge in [0.25, 0.3) is 0 Å². The van der Waals surface area contributed by atoms with Crippen LogP contribution in [-0.4, -0.2) is 18.6 Å². The molecule has 0 radical (unpaired) electrons. The molecule has 0 spiro atoms. The predicted molar refractivity (Wildman–Crippen MR) is 77.0 cm³/mol. The third-order valence-electron chi connectivity index (χ3n) is 2.54. The van der Waals surface area contributed by atoms with Gasteiger partial charge in [-0.25, -0.2) is 4.99 Å². The van der Waals surface area contributed by atoms with E-state index in [0.29, 0.717) is 28.5 Å². The standard InChI is InChI=1S/C13H12ClN3O2/c1-19-13-6-11(9(15)5-10(13)16)17-7-2-3-12(18)8(14)4-7/h2-6H,15-16H2,1H3. The SMILES string of the molecule is COc1cc(N=C2C=CC(=O)C(Cl)=C2)c(N)cc1N. The third kappa shape index (κ3) is 2.77. The molecule has 0 atom stereocenters. The van der Waals surface area contributed by atoms with Crippen molar-refractivity contribution >= 4 is 40.2 Å². The van der Waals surface area contributed by atoms with Gasteiger partial charge in [0.15, 0.2) is 5.78 Å². The Hall–Kier alpha value is -2.27. The number of carbonyl (C=O) groups is 1. The van der Waals surface area contributed by atoms with Crippen LogP contribution in [0.1, 0.15) is 0 Å². The molecule has 0 heterocycles. The van der Waals surface area contributed by atoms with Crippen molar-refractivity contribution in [2.75, 3.05) is 18.6 Å². The van der Waals surface area contributed by atoms with Crippen LogP contribution >= 0.6 is 11.6 Å². The molecule has 0 aromatic heterocycles. The highest BCUT2D eigenvalue weighted by Crippen LogP contribution is 2.33. The molecule has 0 amide bonds. The van der Waals surface area contributed by atoms with E-state index in [9.17, 15) is 4.79 Å². The van der Waals surface area contributed by atoms with Crippen LogP contribution in [0, 0.1) is 0 Å². The van der Waals surface area contributed by atoms with Gasteiger partial charge in [-0.15, -0.1) is 0 Å². The van der Waals surface area contributed by atoms with Crippen molar-refractivity contribution in [2.45, 2.75) is 0 Å². The molecule has 19 heavy (non-hydrogen) atoms. The molecule has 1 aromatic rings. The molecule has 2 rings (SSSR count). The maximum absolute atomic E-state index is 11.2. The second kappa shape index (κ2) is 5.16. The number of nitrogens with zero attached hydrogens (tertiary/aromatic N) is 1. The summed E-state index contributed by atoms with van der Waals surface area (Å²) >= 11 is 5.76. The zero-order chi connectivity index (χ0) is 14.0. The number of ether oxygens (including phenoxy) is 1. The smallest absolute Gasteiger partial charge is 0.197 e. The van der Waals surface area contributed by atoms with Crippen LogP contribution in [0.25, 0.3) is 0 Å². The largest absolute Gasteiger partial charge is 0.495 e. The molecule has 1 aliphatic carbocycles. The van der Waals surface area contributed by atoms with Crippen molar-refractivity contribution in [1.82, 2.24) is 0 Å². The van der Waals surface area contributed by atoms with E-state index in [1.807, 2.05) is 0 Å². The average Bonchev–Trinajstić information content (AvgIpc) is 2.37. The molecule has 4 N–H and O–H groups in total. The number of aliphatic imine (C=N–C) groups is 1. The second-order valence-electron chi connectivity index (χ2n) is 3.88. The third-order valence-corrected chi connectivity index (χ3v) is 2.84. The first-order chi connectivity index (χ1) is 9.01. The fourth-order valence-electron chi connectivity index (χ4n) is 1.58. The normalized spacial score (nSPS) is 16.6. The predicted octanol–water partition coefficient (Wildman–Crippen LogP) is 2.19. The van der Waals surface area contributed by atoms with Gasteiger partial charge in [-0.1, -0.05) is 11.6 Å². The minimum absolute atomic E-state index is 0.113. The van der Waals surface area contributed by atoms with Gasteiger partial charge in [-0.3, -0.25) is 4.79 Å². The van der Waals surface area contributed by atoms with Crippen molar-refractivity contribution in [1.29, 1.82) is 0 Å². The van der Waals surface area contributed by atoms with Crippen LogP contribution in [0.5, 0.6) is 5.75 Å². The first kappa shape index (κ1) is 13.2. The molecule has 0 aliphatic heterocycles. The van der Waals surface area contributed by atoms with Crippen LogP contribution in [0.4, 0.5) is 17.1 Å². The molecule has 6 heteroatoms. The lowest BCUT2D eigenvalue weighted by atomic mass is 10.1. The van der Waals surface area contributed by atoms with Crippen LogP contribution < -0.4 is 16.2 Å². The van der Waals surface area contributed by atoms with Gasteiger partial charge >= 0.3 is 0 Å². The van der Waals surface area contributed by atoms with E-state index in [1.54, 1.807) is 18.2 Å². The first-order valence-corrected chi connectivity index (χ1v) is 5.80. The van der Waals surface area contributed by atoms with Crippen molar-refractivity contribution in [2.24, 2.45) is 4.99 Å². The number of hydrogen-bond acceptors (Lipinski definition) is 5. The number of methoxy groups -OCH3 is 1. The number of hydrogen-bond donors (Lipinski definition) is 2.